The van der Waals surface area contributed by atoms with Crippen LogP contribution in [0.4, 0.5) is 5.13 Å². The van der Waals surface area contributed by atoms with E-state index in [1.807, 2.05) is 7.05 Å². The Morgan fingerprint density at radius 1 is 1.21 bits per heavy atom. The van der Waals surface area contributed by atoms with Gasteiger partial charge in [-0.2, -0.15) is 0 Å². The molecule has 0 bridgehead atoms. The van der Waals surface area contributed by atoms with E-state index >= 15 is 0 Å². The first-order valence-corrected chi connectivity index (χ1v) is 11.3. The summed E-state index contributed by atoms with van der Waals surface area (Å²) in [5.74, 6) is 0.843. The molecule has 1 aromatic carbocycles. The maximum absolute atomic E-state index is 4.79. The molecule has 0 amide bonds. The van der Waals surface area contributed by atoms with Crippen molar-refractivity contribution in [3.05, 3.63) is 46.6 Å². The average molecular weight is 411 g/mol. The third-order valence-electron chi connectivity index (χ3n) is 5.42. The monoisotopic (exact) mass is 410 g/mol. The maximum Gasteiger partial charge on any atom is 0.190 e. The van der Waals surface area contributed by atoms with Gasteiger partial charge >= 0.3 is 0 Å². The van der Waals surface area contributed by atoms with Crippen molar-refractivity contribution in [1.82, 2.24) is 20.6 Å². The zero-order chi connectivity index (χ0) is 20.1. The van der Waals surface area contributed by atoms with Crippen LogP contribution in [0.3, 0.4) is 0 Å². The summed E-state index contributed by atoms with van der Waals surface area (Å²) in [6.07, 6.45) is 6.55. The molecule has 1 saturated heterocycles. The van der Waals surface area contributed by atoms with Crippen LogP contribution in [0.2, 0.25) is 0 Å². The van der Waals surface area contributed by atoms with Crippen LogP contribution in [-0.4, -0.2) is 49.2 Å². The number of hydrogen-bond acceptors (Lipinski definition) is 4. The van der Waals surface area contributed by atoms with Crippen molar-refractivity contribution in [3.63, 3.8) is 0 Å². The Morgan fingerprint density at radius 3 is 2.79 bits per heavy atom. The van der Waals surface area contributed by atoms with Gasteiger partial charge in [-0.1, -0.05) is 12.1 Å². The van der Waals surface area contributed by atoms with Crippen LogP contribution in [0.5, 0.6) is 0 Å². The molecule has 0 saturated carbocycles. The van der Waals surface area contributed by atoms with Gasteiger partial charge in [0.25, 0.3) is 0 Å². The summed E-state index contributed by atoms with van der Waals surface area (Å²) < 4.78 is 0. The van der Waals surface area contributed by atoms with Crippen LogP contribution in [0.25, 0.3) is 10.9 Å². The van der Waals surface area contributed by atoms with Gasteiger partial charge in [-0.3, -0.25) is 4.99 Å². The van der Waals surface area contributed by atoms with E-state index in [2.05, 4.69) is 62.2 Å². The molecule has 4 rings (SSSR count). The van der Waals surface area contributed by atoms with E-state index in [0.29, 0.717) is 0 Å². The molecule has 3 N–H and O–H groups in total. The highest BCUT2D eigenvalue weighted by molar-refractivity contribution is 7.13. The molecule has 29 heavy (non-hydrogen) atoms. The van der Waals surface area contributed by atoms with E-state index in [-0.39, 0.29) is 0 Å². The summed E-state index contributed by atoms with van der Waals surface area (Å²) in [5, 5.41) is 11.5. The Balaban J connectivity index is 1.21. The predicted octanol–water partition coefficient (Wildman–Crippen LogP) is 3.48. The van der Waals surface area contributed by atoms with Crippen LogP contribution in [-0.2, 0) is 12.8 Å². The van der Waals surface area contributed by atoms with Gasteiger partial charge in [0.05, 0.1) is 5.69 Å². The van der Waals surface area contributed by atoms with Crippen molar-refractivity contribution in [2.45, 2.75) is 32.6 Å². The molecule has 154 valence electrons. The lowest BCUT2D eigenvalue weighted by atomic mass is 10.1. The van der Waals surface area contributed by atoms with Crippen molar-refractivity contribution in [3.8, 4) is 0 Å². The van der Waals surface area contributed by atoms with E-state index in [0.717, 1.165) is 50.7 Å². The van der Waals surface area contributed by atoms with Crippen molar-refractivity contribution in [2.75, 3.05) is 38.1 Å². The molecule has 1 fully saturated rings. The number of hydrogen-bond donors (Lipinski definition) is 3. The smallest absolute Gasteiger partial charge is 0.190 e. The lowest BCUT2D eigenvalue weighted by molar-refractivity contribution is 0.778. The number of guanidine groups is 1. The lowest BCUT2D eigenvalue weighted by Gasteiger charge is -2.12. The van der Waals surface area contributed by atoms with Gasteiger partial charge in [0, 0.05) is 62.1 Å². The van der Waals surface area contributed by atoms with Crippen molar-refractivity contribution >= 4 is 33.3 Å². The van der Waals surface area contributed by atoms with Crippen molar-refractivity contribution in [1.29, 1.82) is 0 Å². The molecule has 1 aliphatic rings. The average Bonchev–Trinajstić information content (AvgIpc) is 3.47. The quantitative estimate of drug-likeness (QED) is 0.412. The number of rotatable bonds is 7. The minimum atomic E-state index is 0.829. The molecule has 0 aliphatic carbocycles. The lowest BCUT2D eigenvalue weighted by Crippen LogP contribution is -2.39. The first-order valence-electron chi connectivity index (χ1n) is 10.4. The normalized spacial score (nSPS) is 14.7. The summed E-state index contributed by atoms with van der Waals surface area (Å²) in [6.45, 7) is 6.09. The minimum Gasteiger partial charge on any atom is -0.361 e. The van der Waals surface area contributed by atoms with Gasteiger partial charge in [-0.05, 0) is 43.4 Å². The van der Waals surface area contributed by atoms with Crippen molar-refractivity contribution < 1.29 is 0 Å². The zero-order valence-electron chi connectivity index (χ0n) is 17.3. The highest BCUT2D eigenvalue weighted by atomic mass is 32.1. The number of benzene rings is 1. The molecule has 2 aromatic heterocycles. The largest absolute Gasteiger partial charge is 0.361 e. The van der Waals surface area contributed by atoms with E-state index in [1.54, 1.807) is 11.3 Å². The third kappa shape index (κ3) is 4.90. The number of thiazole rings is 1. The van der Waals surface area contributed by atoms with Crippen LogP contribution in [0, 0.1) is 6.92 Å². The summed E-state index contributed by atoms with van der Waals surface area (Å²) in [5.41, 5.74) is 4.98. The highest BCUT2D eigenvalue weighted by Gasteiger charge is 2.15. The van der Waals surface area contributed by atoms with Gasteiger partial charge in [0.15, 0.2) is 11.1 Å². The molecular formula is C22H30N6S. The number of aliphatic imine (C=N–C) groups is 1. The summed E-state index contributed by atoms with van der Waals surface area (Å²) >= 11 is 1.76. The maximum atomic E-state index is 4.79. The number of fused-ring (bicyclic) bond motifs is 1. The number of H-pyrrole nitrogens is 1. The highest BCUT2D eigenvalue weighted by Crippen LogP contribution is 2.24. The summed E-state index contributed by atoms with van der Waals surface area (Å²) in [6, 6.07) is 6.56. The Morgan fingerprint density at radius 2 is 2.00 bits per heavy atom. The Bertz CT molecular complexity index is 967. The Labute approximate surface area is 176 Å². The molecule has 0 spiro atoms. The predicted molar refractivity (Wildman–Crippen MR) is 123 cm³/mol. The Kier molecular flexibility index (Phi) is 6.34. The van der Waals surface area contributed by atoms with Gasteiger partial charge in [0.1, 0.15) is 0 Å². The number of aromatic nitrogens is 2. The van der Waals surface area contributed by atoms with Crippen LogP contribution in [0.15, 0.2) is 34.8 Å². The number of nitrogens with one attached hydrogen (secondary N) is 3. The van der Waals surface area contributed by atoms with E-state index in [1.165, 1.54) is 40.0 Å². The van der Waals surface area contributed by atoms with E-state index in [9.17, 15) is 0 Å². The number of aryl methyl sites for hydroxylation is 1. The number of anilines is 1. The molecule has 6 nitrogen and oxygen atoms in total. The Hall–Kier alpha value is -2.54. The van der Waals surface area contributed by atoms with E-state index in [4.69, 9.17) is 4.98 Å². The standard InChI is InChI=1S/C22H30N6S/c1-16-5-6-19-17(14-26-20(19)13-16)7-9-24-21(23-2)25-10-8-18-15-29-22(27-18)28-11-3-4-12-28/h5-6,13-15,26H,3-4,7-12H2,1-2H3,(H2,23,24,25). The van der Waals surface area contributed by atoms with Crippen molar-refractivity contribution in [2.24, 2.45) is 4.99 Å². The molecular weight excluding hydrogens is 380 g/mol. The molecule has 0 unspecified atom stereocenters. The van der Waals surface area contributed by atoms with Gasteiger partial charge < -0.3 is 20.5 Å². The second-order valence-electron chi connectivity index (χ2n) is 7.60. The molecule has 3 heterocycles. The molecule has 7 heteroatoms. The third-order valence-corrected chi connectivity index (χ3v) is 6.37. The fourth-order valence-electron chi connectivity index (χ4n) is 3.82. The minimum absolute atomic E-state index is 0.829. The van der Waals surface area contributed by atoms with Gasteiger partial charge in [-0.15, -0.1) is 11.3 Å². The van der Waals surface area contributed by atoms with Crippen LogP contribution >= 0.6 is 11.3 Å². The van der Waals surface area contributed by atoms with Crippen LogP contribution in [0.1, 0.15) is 29.7 Å². The first-order chi connectivity index (χ1) is 14.2. The topological polar surface area (TPSA) is 68.3 Å². The zero-order valence-corrected chi connectivity index (χ0v) is 18.1. The summed E-state index contributed by atoms with van der Waals surface area (Å²) in [7, 11) is 1.82. The molecule has 1 aliphatic heterocycles. The second kappa shape index (κ2) is 9.31. The van der Waals surface area contributed by atoms with Gasteiger partial charge in [0.2, 0.25) is 0 Å². The molecule has 3 aromatic rings. The fourth-order valence-corrected chi connectivity index (χ4v) is 4.73. The summed E-state index contributed by atoms with van der Waals surface area (Å²) in [4.78, 5) is 14.9. The number of aromatic amines is 1. The molecule has 0 atom stereocenters. The second-order valence-corrected chi connectivity index (χ2v) is 8.44. The van der Waals surface area contributed by atoms with Crippen LogP contribution < -0.4 is 15.5 Å². The SMILES string of the molecule is CN=C(NCCc1csc(N2CCCC2)n1)NCCc1c[nH]c2cc(C)ccc12. The van der Waals surface area contributed by atoms with Gasteiger partial charge in [-0.25, -0.2) is 4.98 Å². The van der Waals surface area contributed by atoms with E-state index < -0.39 is 0 Å². The first kappa shape index (κ1) is 19.8. The number of nitrogens with zero attached hydrogens (tertiary/aromatic N) is 3. The molecule has 0 radical (unpaired) electrons. The fraction of sp³-hybridized carbons (Fsp3) is 0.455.